The summed E-state index contributed by atoms with van der Waals surface area (Å²) in [7, 11) is 0. The number of carbonyl (C=O) groups excluding carboxylic acids is 1. The molecule has 2 nitrogen and oxygen atoms in total. The van der Waals surface area contributed by atoms with Crippen LogP contribution in [0.3, 0.4) is 0 Å². The van der Waals surface area contributed by atoms with E-state index in [0.29, 0.717) is 5.32 Å². The molecule has 2 rings (SSSR count). The Morgan fingerprint density at radius 2 is 1.67 bits per heavy atom. The fraction of sp³-hybridized carbons (Fsp3) is 0.133. The van der Waals surface area contributed by atoms with Crippen LogP contribution in [-0.2, 0) is 5.32 Å². The molecule has 0 spiro atoms. The van der Waals surface area contributed by atoms with Crippen molar-refractivity contribution in [3.05, 3.63) is 65.7 Å². The summed E-state index contributed by atoms with van der Waals surface area (Å²) in [5.74, 6) is 0.501. The van der Waals surface area contributed by atoms with E-state index >= 15 is 0 Å². The number of aromatic hydroxyl groups is 1. The third-order valence-electron chi connectivity index (χ3n) is 2.53. The number of phenols is 1. The van der Waals surface area contributed by atoms with E-state index in [9.17, 15) is 4.79 Å². The van der Waals surface area contributed by atoms with Crippen molar-refractivity contribution in [2.75, 3.05) is 0 Å². The van der Waals surface area contributed by atoms with Gasteiger partial charge in [-0.2, -0.15) is 0 Å². The zero-order valence-corrected chi connectivity index (χ0v) is 11.6. The zero-order chi connectivity index (χ0) is 12.8. The minimum atomic E-state index is 0.217. The molecule has 0 saturated carbocycles. The number of phenolic OH excluding ortho intramolecular Hbond substituents is 1. The molecule has 0 radical (unpaired) electrons. The third-order valence-corrected chi connectivity index (χ3v) is 4.64. The molecule has 0 aromatic heterocycles. The molecular formula is C15H14O2Se. The van der Waals surface area contributed by atoms with Crippen LogP contribution in [-0.4, -0.2) is 25.8 Å². The van der Waals surface area contributed by atoms with E-state index in [1.165, 1.54) is 5.56 Å². The molecular weight excluding hydrogens is 291 g/mol. The van der Waals surface area contributed by atoms with Crippen molar-refractivity contribution in [2.45, 2.75) is 10.6 Å². The first-order valence-corrected chi connectivity index (χ1v) is 8.12. The Bertz CT molecular complexity index is 506. The van der Waals surface area contributed by atoms with Crippen molar-refractivity contribution < 1.29 is 9.90 Å². The van der Waals surface area contributed by atoms with Gasteiger partial charge >= 0.3 is 113 Å². The fourth-order valence-electron chi connectivity index (χ4n) is 1.56. The quantitative estimate of drug-likeness (QED) is 0.681. The molecule has 1 N–H and O–H groups in total. The molecule has 18 heavy (non-hydrogen) atoms. The zero-order valence-electron chi connectivity index (χ0n) is 9.87. The van der Waals surface area contributed by atoms with Gasteiger partial charge in [0, 0.05) is 0 Å². The number of rotatable bonds is 5. The molecule has 2 aromatic rings. The summed E-state index contributed by atoms with van der Waals surface area (Å²) in [6.07, 6.45) is 0. The molecule has 0 aliphatic carbocycles. The molecule has 0 aliphatic heterocycles. The number of hydrogen-bond donors (Lipinski definition) is 1. The summed E-state index contributed by atoms with van der Waals surface area (Å²) in [6.45, 7) is 0. The first-order valence-electron chi connectivity index (χ1n) is 5.69. The van der Waals surface area contributed by atoms with Crippen LogP contribution in [0.5, 0.6) is 5.75 Å². The van der Waals surface area contributed by atoms with Crippen molar-refractivity contribution in [1.82, 2.24) is 0 Å². The minimum absolute atomic E-state index is 0.217. The van der Waals surface area contributed by atoms with Crippen molar-refractivity contribution >= 4 is 20.7 Å². The summed E-state index contributed by atoms with van der Waals surface area (Å²) < 4.78 is 0. The number of benzene rings is 2. The van der Waals surface area contributed by atoms with Gasteiger partial charge in [0.1, 0.15) is 0 Å². The average molecular weight is 305 g/mol. The standard InChI is InChI=1S/C15H14O2Se/c16-14-8-6-12(7-9-14)10-18-11-15(17)13-4-2-1-3-5-13/h1-9,16H,10-11H2. The second-order valence-corrected chi connectivity index (χ2v) is 6.02. The van der Waals surface area contributed by atoms with E-state index in [1.807, 2.05) is 42.5 Å². The van der Waals surface area contributed by atoms with Gasteiger partial charge in [0.25, 0.3) is 0 Å². The SMILES string of the molecule is O=C(C[Se]Cc1ccc(O)cc1)c1ccccc1. The first-order chi connectivity index (χ1) is 8.75. The van der Waals surface area contributed by atoms with Crippen molar-refractivity contribution in [3.8, 4) is 5.75 Å². The Labute approximate surface area is 113 Å². The molecule has 0 aliphatic rings. The monoisotopic (exact) mass is 306 g/mol. The molecule has 0 fully saturated rings. The van der Waals surface area contributed by atoms with Gasteiger partial charge in [-0.3, -0.25) is 0 Å². The molecule has 2 aromatic carbocycles. The molecule has 3 heteroatoms. The van der Waals surface area contributed by atoms with Crippen molar-refractivity contribution in [1.29, 1.82) is 0 Å². The van der Waals surface area contributed by atoms with Gasteiger partial charge in [-0.05, 0) is 0 Å². The fourth-order valence-corrected chi connectivity index (χ4v) is 3.41. The molecule has 0 saturated heterocycles. The molecule has 0 amide bonds. The maximum absolute atomic E-state index is 11.9. The Kier molecular flexibility index (Phi) is 4.57. The average Bonchev–Trinajstić information content (AvgIpc) is 2.42. The molecule has 92 valence electrons. The van der Waals surface area contributed by atoms with Crippen LogP contribution in [0.1, 0.15) is 15.9 Å². The van der Waals surface area contributed by atoms with Crippen LogP contribution in [0.2, 0.25) is 5.32 Å². The van der Waals surface area contributed by atoms with Crippen molar-refractivity contribution in [2.24, 2.45) is 0 Å². The maximum atomic E-state index is 11.9. The van der Waals surface area contributed by atoms with Crippen LogP contribution in [0.15, 0.2) is 54.6 Å². The number of carbonyl (C=O) groups is 1. The van der Waals surface area contributed by atoms with E-state index in [4.69, 9.17) is 5.11 Å². The van der Waals surface area contributed by atoms with Crippen LogP contribution >= 0.6 is 0 Å². The summed E-state index contributed by atoms with van der Waals surface area (Å²) >= 11 is 0.268. The Morgan fingerprint density at radius 1 is 1.00 bits per heavy atom. The first kappa shape index (κ1) is 12.9. The summed E-state index contributed by atoms with van der Waals surface area (Å²) in [4.78, 5) is 11.9. The molecule has 0 bridgehead atoms. The van der Waals surface area contributed by atoms with Crippen molar-refractivity contribution in [3.63, 3.8) is 0 Å². The van der Waals surface area contributed by atoms with Gasteiger partial charge in [-0.15, -0.1) is 0 Å². The second kappa shape index (κ2) is 6.39. The Hall–Kier alpha value is -1.57. The normalized spacial score (nSPS) is 10.2. The number of hydrogen-bond acceptors (Lipinski definition) is 2. The Morgan fingerprint density at radius 3 is 2.33 bits per heavy atom. The van der Waals surface area contributed by atoms with Gasteiger partial charge < -0.3 is 0 Å². The van der Waals surface area contributed by atoms with Gasteiger partial charge in [-0.1, -0.05) is 0 Å². The van der Waals surface area contributed by atoms with Gasteiger partial charge in [-0.25, -0.2) is 0 Å². The van der Waals surface area contributed by atoms with E-state index in [1.54, 1.807) is 12.1 Å². The topological polar surface area (TPSA) is 37.3 Å². The predicted octanol–water partition coefficient (Wildman–Crippen LogP) is 2.90. The van der Waals surface area contributed by atoms with E-state index in [-0.39, 0.29) is 26.5 Å². The van der Waals surface area contributed by atoms with Crippen LogP contribution in [0.4, 0.5) is 0 Å². The second-order valence-electron chi connectivity index (χ2n) is 3.95. The van der Waals surface area contributed by atoms with Crippen LogP contribution in [0, 0.1) is 0 Å². The van der Waals surface area contributed by atoms with Gasteiger partial charge in [0.2, 0.25) is 0 Å². The predicted molar refractivity (Wildman–Crippen MR) is 73.1 cm³/mol. The third kappa shape index (κ3) is 3.73. The van der Waals surface area contributed by atoms with Crippen LogP contribution in [0.25, 0.3) is 0 Å². The van der Waals surface area contributed by atoms with Gasteiger partial charge in [0.15, 0.2) is 0 Å². The summed E-state index contributed by atoms with van der Waals surface area (Å²) in [5.41, 5.74) is 1.97. The van der Waals surface area contributed by atoms with Gasteiger partial charge in [0.05, 0.1) is 0 Å². The Balaban J connectivity index is 1.82. The molecule has 0 heterocycles. The molecule has 0 unspecified atom stereocenters. The summed E-state index contributed by atoms with van der Waals surface area (Å²) in [6, 6.07) is 16.6. The summed E-state index contributed by atoms with van der Waals surface area (Å²) in [5, 5.41) is 10.7. The molecule has 0 atom stereocenters. The van der Waals surface area contributed by atoms with E-state index in [0.717, 1.165) is 10.9 Å². The van der Waals surface area contributed by atoms with E-state index in [2.05, 4.69) is 0 Å². The van der Waals surface area contributed by atoms with Crippen LogP contribution < -0.4 is 0 Å². The number of ketones is 1. The number of Topliss-reactive ketones (excluding diaryl/α,β-unsaturated/α-hetero) is 1. The van der Waals surface area contributed by atoms with E-state index < -0.39 is 0 Å².